The Bertz CT molecular complexity index is 526. The lowest BCUT2D eigenvalue weighted by atomic mass is 10.2. The Labute approximate surface area is 98.1 Å². The molecule has 88 valence electrons. The minimum Gasteiger partial charge on any atom is -0.397 e. The van der Waals surface area contributed by atoms with Gasteiger partial charge in [0, 0.05) is 0 Å². The van der Waals surface area contributed by atoms with Crippen LogP contribution in [0.3, 0.4) is 0 Å². The van der Waals surface area contributed by atoms with Crippen LogP contribution in [0.5, 0.6) is 0 Å². The maximum atomic E-state index is 11.6. The lowest BCUT2D eigenvalue weighted by molar-refractivity contribution is 0.598. The number of aryl methyl sites for hydroxylation is 1. The summed E-state index contributed by atoms with van der Waals surface area (Å²) < 4.78 is 26.4. The van der Waals surface area contributed by atoms with Crippen LogP contribution in [0.4, 0.5) is 5.69 Å². The zero-order valence-electron chi connectivity index (χ0n) is 8.44. The lowest BCUT2D eigenvalue weighted by Crippen LogP contribution is -2.24. The topological polar surface area (TPSA) is 125 Å². The summed E-state index contributed by atoms with van der Waals surface area (Å²) in [7, 11) is -3.92. The summed E-state index contributed by atoms with van der Waals surface area (Å²) in [5.74, 6) is -0.536. The first-order valence-electron chi connectivity index (χ1n) is 4.15. The molecule has 0 aromatic heterocycles. The third kappa shape index (κ3) is 2.56. The van der Waals surface area contributed by atoms with E-state index in [9.17, 15) is 8.42 Å². The Morgan fingerprint density at radius 2 is 1.94 bits per heavy atom. The van der Waals surface area contributed by atoms with E-state index in [1.54, 1.807) is 6.92 Å². The molecule has 0 radical (unpaired) electrons. The van der Waals surface area contributed by atoms with Gasteiger partial charge in [-0.15, -0.1) is 4.40 Å². The molecule has 1 aromatic rings. The summed E-state index contributed by atoms with van der Waals surface area (Å²) >= 11 is 5.80. The molecule has 6 nitrogen and oxygen atoms in total. The van der Waals surface area contributed by atoms with Crippen molar-refractivity contribution in [2.24, 2.45) is 15.9 Å². The number of rotatable bonds is 2. The molecular weight excluding hydrogens is 252 g/mol. The van der Waals surface area contributed by atoms with Crippen LogP contribution < -0.4 is 17.2 Å². The summed E-state index contributed by atoms with van der Waals surface area (Å²) in [4.78, 5) is -0.0969. The zero-order valence-corrected chi connectivity index (χ0v) is 10.0. The van der Waals surface area contributed by atoms with Crippen LogP contribution >= 0.6 is 11.6 Å². The molecule has 1 aromatic carbocycles. The highest BCUT2D eigenvalue weighted by Crippen LogP contribution is 2.27. The van der Waals surface area contributed by atoms with Gasteiger partial charge in [0.1, 0.15) is 0 Å². The molecule has 0 aliphatic rings. The number of hydrogen-bond acceptors (Lipinski definition) is 3. The van der Waals surface area contributed by atoms with E-state index in [1.807, 2.05) is 0 Å². The first-order valence-corrected chi connectivity index (χ1v) is 5.97. The lowest BCUT2D eigenvalue weighted by Gasteiger charge is -2.05. The minimum absolute atomic E-state index is 0.0969. The minimum atomic E-state index is -3.92. The van der Waals surface area contributed by atoms with E-state index in [1.165, 1.54) is 12.1 Å². The second-order valence-electron chi connectivity index (χ2n) is 3.13. The first kappa shape index (κ1) is 12.6. The Morgan fingerprint density at radius 3 is 2.38 bits per heavy atom. The molecule has 0 aliphatic carbocycles. The van der Waals surface area contributed by atoms with E-state index in [-0.39, 0.29) is 10.6 Å². The molecule has 0 saturated heterocycles. The van der Waals surface area contributed by atoms with Gasteiger partial charge in [0.2, 0.25) is 5.96 Å². The molecule has 8 heteroatoms. The molecule has 0 aliphatic heterocycles. The van der Waals surface area contributed by atoms with Crippen LogP contribution in [0.2, 0.25) is 5.02 Å². The summed E-state index contributed by atoms with van der Waals surface area (Å²) in [6, 6.07) is 2.55. The van der Waals surface area contributed by atoms with Crippen molar-refractivity contribution in [3.05, 3.63) is 22.7 Å². The monoisotopic (exact) mass is 262 g/mol. The Kier molecular flexibility index (Phi) is 3.30. The molecule has 0 bridgehead atoms. The van der Waals surface area contributed by atoms with Gasteiger partial charge >= 0.3 is 0 Å². The average molecular weight is 263 g/mol. The molecule has 0 atom stereocenters. The Balaban J connectivity index is 3.42. The highest BCUT2D eigenvalue weighted by atomic mass is 35.5. The van der Waals surface area contributed by atoms with Crippen molar-refractivity contribution in [3.8, 4) is 0 Å². The fourth-order valence-electron chi connectivity index (χ4n) is 1.10. The summed E-state index contributed by atoms with van der Waals surface area (Å²) in [5, 5.41) is 0.309. The van der Waals surface area contributed by atoms with E-state index >= 15 is 0 Å². The van der Waals surface area contributed by atoms with E-state index in [0.29, 0.717) is 10.6 Å². The quantitative estimate of drug-likeness (QED) is 0.399. The highest BCUT2D eigenvalue weighted by molar-refractivity contribution is 7.90. The second kappa shape index (κ2) is 4.18. The maximum Gasteiger partial charge on any atom is 0.285 e. The van der Waals surface area contributed by atoms with Crippen molar-refractivity contribution in [3.63, 3.8) is 0 Å². The van der Waals surface area contributed by atoms with Crippen molar-refractivity contribution in [1.82, 2.24) is 0 Å². The molecule has 0 unspecified atom stereocenters. The van der Waals surface area contributed by atoms with Crippen LogP contribution in [0.1, 0.15) is 5.56 Å². The van der Waals surface area contributed by atoms with Crippen LogP contribution in [0.15, 0.2) is 21.4 Å². The van der Waals surface area contributed by atoms with Crippen molar-refractivity contribution in [2.45, 2.75) is 11.8 Å². The number of nitrogens with two attached hydrogens (primary N) is 3. The van der Waals surface area contributed by atoms with Crippen LogP contribution in [-0.2, 0) is 10.0 Å². The number of anilines is 1. The summed E-state index contributed by atoms with van der Waals surface area (Å²) in [6.45, 7) is 1.63. The average Bonchev–Trinajstić information content (AvgIpc) is 2.11. The maximum absolute atomic E-state index is 11.6. The fraction of sp³-hybridized carbons (Fsp3) is 0.125. The third-order valence-corrected chi connectivity index (χ3v) is 3.58. The molecule has 0 spiro atoms. The van der Waals surface area contributed by atoms with Gasteiger partial charge in [-0.25, -0.2) is 0 Å². The molecule has 0 saturated carbocycles. The largest absolute Gasteiger partial charge is 0.397 e. The number of guanidine groups is 1. The fourth-order valence-corrected chi connectivity index (χ4v) is 2.20. The number of nitrogen functional groups attached to an aromatic ring is 1. The number of halogens is 1. The molecule has 1 rings (SSSR count). The predicted molar refractivity (Wildman–Crippen MR) is 63.6 cm³/mol. The van der Waals surface area contributed by atoms with E-state index in [4.69, 9.17) is 28.8 Å². The van der Waals surface area contributed by atoms with Crippen molar-refractivity contribution in [1.29, 1.82) is 0 Å². The standard InChI is InChI=1S/C8H11ClN4O2S/c1-4-2-5(3-6(10)7(4)9)16(14,15)13-8(11)12/h2-3H,10H2,1H3,(H4,11,12,13). The highest BCUT2D eigenvalue weighted by Gasteiger charge is 2.16. The predicted octanol–water partition coefficient (Wildman–Crippen LogP) is 0.193. The molecule has 0 fully saturated rings. The number of benzene rings is 1. The Hall–Kier alpha value is -1.47. The third-order valence-electron chi connectivity index (χ3n) is 1.78. The van der Waals surface area contributed by atoms with E-state index in [2.05, 4.69) is 4.40 Å². The zero-order chi connectivity index (χ0) is 12.5. The van der Waals surface area contributed by atoms with Gasteiger partial charge in [-0.2, -0.15) is 8.42 Å². The SMILES string of the molecule is Cc1cc(S(=O)(=O)N=C(N)N)cc(N)c1Cl. The van der Waals surface area contributed by atoms with Crippen LogP contribution in [0, 0.1) is 6.92 Å². The summed E-state index contributed by atoms with van der Waals surface area (Å²) in [6.07, 6.45) is 0. The molecular formula is C8H11ClN4O2S. The van der Waals surface area contributed by atoms with Crippen molar-refractivity contribution < 1.29 is 8.42 Å². The smallest absolute Gasteiger partial charge is 0.285 e. The normalized spacial score (nSPS) is 11.1. The van der Waals surface area contributed by atoms with Crippen LogP contribution in [0.25, 0.3) is 0 Å². The number of sulfonamides is 1. The van der Waals surface area contributed by atoms with Crippen molar-refractivity contribution >= 4 is 33.3 Å². The van der Waals surface area contributed by atoms with Crippen molar-refractivity contribution in [2.75, 3.05) is 5.73 Å². The molecule has 0 heterocycles. The molecule has 6 N–H and O–H groups in total. The van der Waals surface area contributed by atoms with Gasteiger partial charge in [-0.1, -0.05) is 11.6 Å². The van der Waals surface area contributed by atoms with E-state index < -0.39 is 16.0 Å². The van der Waals surface area contributed by atoms with Gasteiger partial charge in [-0.3, -0.25) is 0 Å². The van der Waals surface area contributed by atoms with Gasteiger partial charge in [0.15, 0.2) is 0 Å². The van der Waals surface area contributed by atoms with Gasteiger partial charge < -0.3 is 17.2 Å². The second-order valence-corrected chi connectivity index (χ2v) is 5.12. The number of nitrogens with zero attached hydrogens (tertiary/aromatic N) is 1. The van der Waals surface area contributed by atoms with Gasteiger partial charge in [0.25, 0.3) is 10.0 Å². The first-order chi connectivity index (χ1) is 7.24. The van der Waals surface area contributed by atoms with E-state index in [0.717, 1.165) is 0 Å². The molecule has 16 heavy (non-hydrogen) atoms. The van der Waals surface area contributed by atoms with Gasteiger partial charge in [0.05, 0.1) is 15.6 Å². The van der Waals surface area contributed by atoms with Gasteiger partial charge in [-0.05, 0) is 24.6 Å². The molecule has 0 amide bonds. The summed E-state index contributed by atoms with van der Waals surface area (Å²) in [5.41, 5.74) is 16.3. The number of hydrogen-bond donors (Lipinski definition) is 3. The van der Waals surface area contributed by atoms with Crippen LogP contribution in [-0.4, -0.2) is 14.4 Å². The Morgan fingerprint density at radius 1 is 1.38 bits per heavy atom.